The Morgan fingerprint density at radius 3 is 0.968 bits per heavy atom. The Bertz CT molecular complexity index is 524. The molecular weight excluding hydrogens is 416 g/mol. The minimum absolute atomic E-state index is 0. The molecule has 0 saturated heterocycles. The Kier molecular flexibility index (Phi) is 23.4. The van der Waals surface area contributed by atoms with Gasteiger partial charge in [0.2, 0.25) is 0 Å². The molecule has 2 N–H and O–H groups in total. The van der Waals surface area contributed by atoms with Crippen LogP contribution in [0.4, 0.5) is 0 Å². The first-order valence-electron chi connectivity index (χ1n) is 11.1. The first-order chi connectivity index (χ1) is 14.0. The van der Waals surface area contributed by atoms with E-state index in [4.69, 9.17) is 10.2 Å². The van der Waals surface area contributed by atoms with Crippen LogP contribution >= 0.6 is 0 Å². The fourth-order valence-corrected chi connectivity index (χ4v) is 2.09. The van der Waals surface area contributed by atoms with Crippen molar-refractivity contribution < 1.29 is 31.9 Å². The Hall–Kier alpha value is -0.926. The number of unbranched alkanes of at least 4 members (excludes halogenated alkanes) is 2. The fraction of sp³-hybridized carbons (Fsp3) is 0.500. The van der Waals surface area contributed by atoms with Crippen LogP contribution in [0.3, 0.4) is 0 Å². The van der Waals surface area contributed by atoms with E-state index in [2.05, 4.69) is 79.7 Å². The van der Waals surface area contributed by atoms with E-state index in [1.807, 2.05) is 36.4 Å². The predicted octanol–water partition coefficient (Wildman–Crippen LogP) is 7.15. The molecule has 2 aromatic rings. The van der Waals surface area contributed by atoms with Gasteiger partial charge in [-0.05, 0) is 12.8 Å². The summed E-state index contributed by atoms with van der Waals surface area (Å²) in [6, 6.07) is 20.6. The number of hydrogen-bond donors (Lipinski definition) is 2. The van der Waals surface area contributed by atoms with Crippen molar-refractivity contribution in [1.29, 1.82) is 0 Å². The molecule has 174 valence electrons. The van der Waals surface area contributed by atoms with Crippen LogP contribution < -0.4 is 0 Å². The second-order valence-corrected chi connectivity index (χ2v) is 8.65. The van der Waals surface area contributed by atoms with Crippen LogP contribution in [0, 0.1) is 13.8 Å². The molecule has 0 atom stereocenters. The van der Waals surface area contributed by atoms with E-state index in [9.17, 15) is 0 Å². The minimum Gasteiger partial charge on any atom is -0.396 e. The number of hydrogen-bond acceptors (Lipinski definition) is 2. The van der Waals surface area contributed by atoms with Gasteiger partial charge in [-0.1, -0.05) is 126 Å². The van der Waals surface area contributed by atoms with Gasteiger partial charge >= 0.3 is 21.7 Å². The van der Waals surface area contributed by atoms with Crippen molar-refractivity contribution in [3.8, 4) is 0 Å². The first kappa shape index (κ1) is 34.7. The summed E-state index contributed by atoms with van der Waals surface area (Å²) < 4.78 is 0. The van der Waals surface area contributed by atoms with E-state index >= 15 is 0 Å². The van der Waals surface area contributed by atoms with Crippen molar-refractivity contribution >= 4 is 0 Å². The van der Waals surface area contributed by atoms with Crippen molar-refractivity contribution in [3.05, 3.63) is 85.6 Å². The summed E-state index contributed by atoms with van der Waals surface area (Å²) in [5, 5.41) is 16.1. The smallest absolute Gasteiger partial charge is 0.396 e. The molecule has 0 amide bonds. The monoisotopic (exact) mass is 462 g/mol. The third-order valence-corrected chi connectivity index (χ3v) is 4.13. The zero-order valence-corrected chi connectivity index (χ0v) is 22.4. The molecule has 0 aliphatic heterocycles. The molecule has 0 saturated carbocycles. The summed E-state index contributed by atoms with van der Waals surface area (Å²) in [4.78, 5) is 0. The summed E-state index contributed by atoms with van der Waals surface area (Å²) in [5.74, 6) is 0. The van der Waals surface area contributed by atoms with E-state index in [-0.39, 0.29) is 32.5 Å². The van der Waals surface area contributed by atoms with Crippen molar-refractivity contribution in [2.75, 3.05) is 13.2 Å². The Morgan fingerprint density at radius 1 is 0.613 bits per heavy atom. The first-order valence-corrected chi connectivity index (χ1v) is 11.1. The van der Waals surface area contributed by atoms with Crippen molar-refractivity contribution in [2.24, 2.45) is 0 Å². The van der Waals surface area contributed by atoms with Crippen LogP contribution in [0.2, 0.25) is 0 Å². The maximum absolute atomic E-state index is 8.07. The van der Waals surface area contributed by atoms with Gasteiger partial charge in [0.25, 0.3) is 0 Å². The standard InChI is InChI=1S/2C10H13.2C4H10O.Ti/c2*1-10(2,3)9-7-5-4-6-8-9;2*1-2-3-4-5;/h2*4-8H,1H2,2-3H3;2*5H,2-4H2,1H3;/q2*-1;;;+2. The molecule has 0 radical (unpaired) electrons. The molecular formula is C28H46O2Ti. The molecule has 0 aromatic heterocycles. The van der Waals surface area contributed by atoms with Gasteiger partial charge < -0.3 is 24.1 Å². The Morgan fingerprint density at radius 2 is 0.871 bits per heavy atom. The Balaban J connectivity index is -0.000000353. The molecule has 31 heavy (non-hydrogen) atoms. The van der Waals surface area contributed by atoms with Crippen LogP contribution in [0.5, 0.6) is 0 Å². The van der Waals surface area contributed by atoms with E-state index < -0.39 is 0 Å². The maximum atomic E-state index is 8.07. The fourth-order valence-electron chi connectivity index (χ4n) is 2.09. The SMILES string of the molecule is CCCCO.CCCCO.[CH2-]C(C)(C)c1ccccc1.[CH2-]C(C)(C)c1ccccc1.[Ti+2]. The van der Waals surface area contributed by atoms with Crippen LogP contribution in [0.1, 0.15) is 78.4 Å². The minimum atomic E-state index is 0. The van der Waals surface area contributed by atoms with Gasteiger partial charge in [-0.3, -0.25) is 0 Å². The second kappa shape index (κ2) is 20.9. The van der Waals surface area contributed by atoms with E-state index in [0.29, 0.717) is 13.2 Å². The van der Waals surface area contributed by atoms with Crippen molar-refractivity contribution in [3.63, 3.8) is 0 Å². The second-order valence-electron chi connectivity index (χ2n) is 8.65. The van der Waals surface area contributed by atoms with Crippen LogP contribution in [0.15, 0.2) is 60.7 Å². The van der Waals surface area contributed by atoms with Gasteiger partial charge in [-0.2, -0.15) is 0 Å². The maximum Gasteiger partial charge on any atom is 2.00 e. The molecule has 0 fully saturated rings. The number of rotatable bonds is 6. The van der Waals surface area contributed by atoms with Gasteiger partial charge in [-0.15, -0.1) is 10.8 Å². The molecule has 2 rings (SSSR count). The van der Waals surface area contributed by atoms with Crippen LogP contribution in [-0.4, -0.2) is 23.4 Å². The molecule has 0 unspecified atom stereocenters. The van der Waals surface area contributed by atoms with Crippen LogP contribution in [0.25, 0.3) is 0 Å². The largest absolute Gasteiger partial charge is 2.00 e. The summed E-state index contributed by atoms with van der Waals surface area (Å²) in [6.07, 6.45) is 4.08. The average Bonchev–Trinajstić information content (AvgIpc) is 2.71. The van der Waals surface area contributed by atoms with Crippen molar-refractivity contribution in [2.45, 2.75) is 78.1 Å². The predicted molar refractivity (Wildman–Crippen MR) is 134 cm³/mol. The van der Waals surface area contributed by atoms with Gasteiger partial charge in [0.15, 0.2) is 0 Å². The molecule has 0 aliphatic rings. The van der Waals surface area contributed by atoms with E-state index in [0.717, 1.165) is 25.7 Å². The average molecular weight is 463 g/mol. The van der Waals surface area contributed by atoms with E-state index in [1.54, 1.807) is 0 Å². The third-order valence-electron chi connectivity index (χ3n) is 4.13. The van der Waals surface area contributed by atoms with E-state index in [1.165, 1.54) is 11.1 Å². The summed E-state index contributed by atoms with van der Waals surface area (Å²) in [5.41, 5.74) is 2.66. The molecule has 2 nitrogen and oxygen atoms in total. The zero-order valence-electron chi connectivity index (χ0n) is 20.8. The number of aliphatic hydroxyl groups excluding tert-OH is 2. The summed E-state index contributed by atoms with van der Waals surface area (Å²) >= 11 is 0. The van der Waals surface area contributed by atoms with Crippen molar-refractivity contribution in [1.82, 2.24) is 0 Å². The topological polar surface area (TPSA) is 40.5 Å². The molecule has 0 aliphatic carbocycles. The van der Waals surface area contributed by atoms with Gasteiger partial charge in [0, 0.05) is 13.2 Å². The van der Waals surface area contributed by atoms with Crippen LogP contribution in [-0.2, 0) is 32.5 Å². The number of aliphatic hydroxyl groups is 2. The summed E-state index contributed by atoms with van der Waals surface area (Å²) in [7, 11) is 0. The van der Waals surface area contributed by atoms with Gasteiger partial charge in [0.05, 0.1) is 0 Å². The normalized spacial score (nSPS) is 10.1. The Labute approximate surface area is 208 Å². The molecule has 3 heteroatoms. The molecule has 0 bridgehead atoms. The van der Waals surface area contributed by atoms with Gasteiger partial charge in [0.1, 0.15) is 0 Å². The molecule has 0 spiro atoms. The van der Waals surface area contributed by atoms with Gasteiger partial charge in [-0.25, -0.2) is 0 Å². The quantitative estimate of drug-likeness (QED) is 0.353. The zero-order chi connectivity index (χ0) is 23.5. The number of benzene rings is 2. The summed E-state index contributed by atoms with van der Waals surface area (Å²) in [6.45, 7) is 21.3. The molecule has 0 heterocycles. The third kappa shape index (κ3) is 22.1. The molecule has 2 aromatic carbocycles.